The Kier molecular flexibility index (Phi) is 4.77. The Morgan fingerprint density at radius 1 is 0.893 bits per heavy atom. The Bertz CT molecular complexity index is 1020. The summed E-state index contributed by atoms with van der Waals surface area (Å²) in [5.41, 5.74) is 3.21. The third-order valence-corrected chi connectivity index (χ3v) is 5.37. The van der Waals surface area contributed by atoms with Crippen LogP contribution in [-0.4, -0.2) is 59.9 Å². The summed E-state index contributed by atoms with van der Waals surface area (Å²) >= 11 is 0. The molecular formula is C22H23N3O3. The van der Waals surface area contributed by atoms with Gasteiger partial charge in [0.2, 0.25) is 0 Å². The van der Waals surface area contributed by atoms with Crippen molar-refractivity contribution >= 4 is 22.7 Å². The largest absolute Gasteiger partial charge is 0.497 e. The molecule has 1 fully saturated rings. The second-order valence-corrected chi connectivity index (χ2v) is 6.98. The summed E-state index contributed by atoms with van der Waals surface area (Å²) in [4.78, 5) is 32.5. The monoisotopic (exact) mass is 377 g/mol. The first-order chi connectivity index (χ1) is 13.6. The lowest BCUT2D eigenvalue weighted by Gasteiger charge is -2.34. The summed E-state index contributed by atoms with van der Waals surface area (Å²) < 4.78 is 5.14. The van der Waals surface area contributed by atoms with Crippen molar-refractivity contribution in [3.05, 3.63) is 65.4 Å². The Morgan fingerprint density at radius 3 is 2.11 bits per heavy atom. The van der Waals surface area contributed by atoms with E-state index >= 15 is 0 Å². The van der Waals surface area contributed by atoms with Gasteiger partial charge in [-0.05, 0) is 42.8 Å². The van der Waals surface area contributed by atoms with Crippen molar-refractivity contribution in [1.82, 2.24) is 14.8 Å². The van der Waals surface area contributed by atoms with E-state index in [9.17, 15) is 9.59 Å². The van der Waals surface area contributed by atoms with Gasteiger partial charge >= 0.3 is 0 Å². The molecule has 0 saturated carbocycles. The number of hydrogen-bond donors (Lipinski definition) is 1. The first-order valence-corrected chi connectivity index (χ1v) is 9.38. The number of nitrogens with one attached hydrogen (secondary N) is 1. The molecule has 0 atom stereocenters. The Morgan fingerprint density at radius 2 is 1.50 bits per heavy atom. The predicted molar refractivity (Wildman–Crippen MR) is 108 cm³/mol. The SMILES string of the molecule is COc1ccc(C(=O)N2CCN(C(=O)c3[nH]c4ccccc4c3C)CC2)cc1. The van der Waals surface area contributed by atoms with E-state index in [-0.39, 0.29) is 11.8 Å². The maximum Gasteiger partial charge on any atom is 0.270 e. The van der Waals surface area contributed by atoms with Gasteiger partial charge in [-0.25, -0.2) is 0 Å². The average Bonchev–Trinajstić information content (AvgIpc) is 3.09. The Balaban J connectivity index is 1.43. The molecule has 0 unspecified atom stereocenters. The standard InChI is InChI=1S/C22H23N3O3/c1-15-18-5-3-4-6-19(18)23-20(15)22(27)25-13-11-24(12-14-25)21(26)16-7-9-17(28-2)10-8-16/h3-10,23H,11-14H2,1-2H3. The van der Waals surface area contributed by atoms with Crippen LogP contribution in [0.15, 0.2) is 48.5 Å². The number of rotatable bonds is 3. The minimum Gasteiger partial charge on any atom is -0.497 e. The number of hydrogen-bond acceptors (Lipinski definition) is 3. The molecular weight excluding hydrogens is 354 g/mol. The molecule has 3 aromatic rings. The highest BCUT2D eigenvalue weighted by Crippen LogP contribution is 2.23. The quantitative estimate of drug-likeness (QED) is 0.763. The fourth-order valence-electron chi connectivity index (χ4n) is 3.68. The summed E-state index contributed by atoms with van der Waals surface area (Å²) in [6, 6.07) is 15.0. The van der Waals surface area contributed by atoms with Crippen LogP contribution in [0, 0.1) is 6.92 Å². The van der Waals surface area contributed by atoms with Crippen LogP contribution in [0.3, 0.4) is 0 Å². The topological polar surface area (TPSA) is 65.6 Å². The van der Waals surface area contributed by atoms with Gasteiger partial charge in [0.05, 0.1) is 7.11 Å². The summed E-state index contributed by atoms with van der Waals surface area (Å²) in [5.74, 6) is 0.697. The molecule has 2 amide bonds. The summed E-state index contributed by atoms with van der Waals surface area (Å²) in [6.45, 7) is 4.06. The van der Waals surface area contributed by atoms with E-state index in [1.54, 1.807) is 36.3 Å². The Labute approximate surface area is 163 Å². The van der Waals surface area contributed by atoms with Crippen LogP contribution < -0.4 is 4.74 Å². The number of piperazine rings is 1. The summed E-state index contributed by atoms with van der Waals surface area (Å²) in [7, 11) is 1.60. The molecule has 1 aliphatic heterocycles. The van der Waals surface area contributed by atoms with Crippen molar-refractivity contribution in [3.63, 3.8) is 0 Å². The number of carbonyl (C=O) groups is 2. The smallest absolute Gasteiger partial charge is 0.270 e. The van der Waals surface area contributed by atoms with Gasteiger partial charge in [0.25, 0.3) is 11.8 Å². The number of methoxy groups -OCH3 is 1. The molecule has 1 N–H and O–H groups in total. The lowest BCUT2D eigenvalue weighted by molar-refractivity contribution is 0.0532. The van der Waals surface area contributed by atoms with Gasteiger partial charge in [-0.3, -0.25) is 9.59 Å². The van der Waals surface area contributed by atoms with Crippen LogP contribution in [-0.2, 0) is 0 Å². The number of ether oxygens (including phenoxy) is 1. The number of aryl methyl sites for hydroxylation is 1. The van der Waals surface area contributed by atoms with Crippen molar-refractivity contribution in [1.29, 1.82) is 0 Å². The number of aromatic amines is 1. The van der Waals surface area contributed by atoms with E-state index in [0.717, 1.165) is 22.2 Å². The highest BCUT2D eigenvalue weighted by Gasteiger charge is 2.27. The second-order valence-electron chi connectivity index (χ2n) is 6.98. The molecule has 2 aromatic carbocycles. The van der Waals surface area contributed by atoms with E-state index in [0.29, 0.717) is 37.4 Å². The van der Waals surface area contributed by atoms with Gasteiger partial charge in [-0.15, -0.1) is 0 Å². The fraction of sp³-hybridized carbons (Fsp3) is 0.273. The zero-order chi connectivity index (χ0) is 19.7. The maximum atomic E-state index is 13.0. The molecule has 6 nitrogen and oxygen atoms in total. The number of para-hydroxylation sites is 1. The van der Waals surface area contributed by atoms with Gasteiger partial charge in [0.15, 0.2) is 0 Å². The van der Waals surface area contributed by atoms with E-state index < -0.39 is 0 Å². The van der Waals surface area contributed by atoms with Crippen LogP contribution >= 0.6 is 0 Å². The van der Waals surface area contributed by atoms with Crippen molar-refractivity contribution in [3.8, 4) is 5.75 Å². The molecule has 6 heteroatoms. The maximum absolute atomic E-state index is 13.0. The highest BCUT2D eigenvalue weighted by atomic mass is 16.5. The first-order valence-electron chi connectivity index (χ1n) is 9.38. The van der Waals surface area contributed by atoms with Crippen molar-refractivity contribution < 1.29 is 14.3 Å². The van der Waals surface area contributed by atoms with Gasteiger partial charge in [0.1, 0.15) is 11.4 Å². The number of fused-ring (bicyclic) bond motifs is 1. The van der Waals surface area contributed by atoms with Gasteiger partial charge < -0.3 is 19.5 Å². The van der Waals surface area contributed by atoms with Crippen molar-refractivity contribution in [2.24, 2.45) is 0 Å². The van der Waals surface area contributed by atoms with Crippen LogP contribution in [0.4, 0.5) is 0 Å². The normalized spacial score (nSPS) is 14.4. The van der Waals surface area contributed by atoms with Gasteiger partial charge in [-0.1, -0.05) is 18.2 Å². The zero-order valence-corrected chi connectivity index (χ0v) is 16.1. The van der Waals surface area contributed by atoms with E-state index in [1.807, 2.05) is 36.1 Å². The molecule has 144 valence electrons. The number of amides is 2. The average molecular weight is 377 g/mol. The van der Waals surface area contributed by atoms with Crippen LogP contribution in [0.25, 0.3) is 10.9 Å². The molecule has 1 aliphatic rings. The Hall–Kier alpha value is -3.28. The minimum absolute atomic E-state index is 0.00903. The number of benzene rings is 2. The lowest BCUT2D eigenvalue weighted by Crippen LogP contribution is -2.50. The second kappa shape index (κ2) is 7.38. The molecule has 1 aromatic heterocycles. The van der Waals surface area contributed by atoms with Gasteiger partial charge in [0, 0.05) is 42.6 Å². The number of aromatic nitrogens is 1. The third-order valence-electron chi connectivity index (χ3n) is 5.37. The van der Waals surface area contributed by atoms with Crippen LogP contribution in [0.2, 0.25) is 0 Å². The fourth-order valence-corrected chi connectivity index (χ4v) is 3.68. The van der Waals surface area contributed by atoms with Gasteiger partial charge in [-0.2, -0.15) is 0 Å². The molecule has 0 bridgehead atoms. The third kappa shape index (κ3) is 3.22. The molecule has 28 heavy (non-hydrogen) atoms. The molecule has 2 heterocycles. The molecule has 4 rings (SSSR count). The number of H-pyrrole nitrogens is 1. The first kappa shape index (κ1) is 18.1. The van der Waals surface area contributed by atoms with Crippen LogP contribution in [0.5, 0.6) is 5.75 Å². The molecule has 0 aliphatic carbocycles. The molecule has 0 radical (unpaired) electrons. The van der Waals surface area contributed by atoms with Crippen LogP contribution in [0.1, 0.15) is 26.4 Å². The summed E-state index contributed by atoms with van der Waals surface area (Å²) in [5, 5.41) is 1.07. The van der Waals surface area contributed by atoms with E-state index in [4.69, 9.17) is 4.74 Å². The highest BCUT2D eigenvalue weighted by molar-refractivity contribution is 6.01. The minimum atomic E-state index is -0.0171. The number of carbonyl (C=O) groups excluding carboxylic acids is 2. The summed E-state index contributed by atoms with van der Waals surface area (Å²) in [6.07, 6.45) is 0. The predicted octanol–water partition coefficient (Wildman–Crippen LogP) is 3.08. The molecule has 1 saturated heterocycles. The van der Waals surface area contributed by atoms with Crippen molar-refractivity contribution in [2.75, 3.05) is 33.3 Å². The zero-order valence-electron chi connectivity index (χ0n) is 16.1. The molecule has 0 spiro atoms. The lowest BCUT2D eigenvalue weighted by atomic mass is 10.1. The van der Waals surface area contributed by atoms with E-state index in [2.05, 4.69) is 4.98 Å². The van der Waals surface area contributed by atoms with Crippen molar-refractivity contribution in [2.45, 2.75) is 6.92 Å². The number of nitrogens with zero attached hydrogens (tertiary/aromatic N) is 2. The van der Waals surface area contributed by atoms with E-state index in [1.165, 1.54) is 0 Å².